The van der Waals surface area contributed by atoms with Crippen molar-refractivity contribution in [2.24, 2.45) is 0 Å². The third kappa shape index (κ3) is 1.85. The van der Waals surface area contributed by atoms with Crippen LogP contribution in [0.25, 0.3) is 12.2 Å². The topological polar surface area (TPSA) is 26.3 Å². The summed E-state index contributed by atoms with van der Waals surface area (Å²) < 4.78 is 5.27. The molecule has 0 N–H and O–H groups in total. The van der Waals surface area contributed by atoms with E-state index in [2.05, 4.69) is 0 Å². The Bertz CT molecular complexity index is 699. The smallest absolute Gasteiger partial charge is 0.336 e. The molecule has 0 bridgehead atoms. The van der Waals surface area contributed by atoms with Crippen LogP contribution < -0.4 is 15.2 Å². The minimum atomic E-state index is -0.335. The lowest BCUT2D eigenvalue weighted by atomic mass is 10.1. The van der Waals surface area contributed by atoms with E-state index in [9.17, 15) is 4.79 Å². The molecule has 2 nitrogen and oxygen atoms in total. The fourth-order valence-electron chi connectivity index (χ4n) is 1.90. The van der Waals surface area contributed by atoms with Crippen LogP contribution >= 0.6 is 0 Å². The summed E-state index contributed by atoms with van der Waals surface area (Å²) in [4.78, 5) is 11.7. The molecule has 82 valence electrons. The molecule has 0 aromatic heterocycles. The first-order chi connectivity index (χ1) is 8.33. The summed E-state index contributed by atoms with van der Waals surface area (Å²) in [5.41, 5.74) is 0.918. The second-order valence-corrected chi connectivity index (χ2v) is 3.88. The van der Waals surface area contributed by atoms with E-state index in [0.717, 1.165) is 16.0 Å². The number of para-hydroxylation sites is 1. The molecule has 0 radical (unpaired) electrons. The van der Waals surface area contributed by atoms with E-state index in [-0.39, 0.29) is 5.97 Å². The number of benzene rings is 2. The predicted octanol–water partition coefficient (Wildman–Crippen LogP) is 1.21. The van der Waals surface area contributed by atoms with Gasteiger partial charge in [0.1, 0.15) is 5.75 Å². The Morgan fingerprint density at radius 3 is 2.24 bits per heavy atom. The lowest BCUT2D eigenvalue weighted by Gasteiger charge is -2.07. The number of esters is 1. The molecule has 1 heterocycles. The highest BCUT2D eigenvalue weighted by Crippen LogP contribution is 2.19. The molecule has 0 fully saturated rings. The molecule has 2 aromatic rings. The molecular formula is C15H10O2. The van der Waals surface area contributed by atoms with Crippen molar-refractivity contribution in [2.75, 3.05) is 0 Å². The summed E-state index contributed by atoms with van der Waals surface area (Å²) in [7, 11) is 0. The fraction of sp³-hybridized carbons (Fsp3) is 0. The standard InChI is InChI=1S/C15H10O2/c16-15-10-12-6-2-1-5-11(12)9-13-7-3-4-8-14(13)17-15/h1-10H/b11-9-,12-10-. The van der Waals surface area contributed by atoms with Gasteiger partial charge in [-0.3, -0.25) is 0 Å². The quantitative estimate of drug-likeness (QED) is 0.495. The van der Waals surface area contributed by atoms with Crippen LogP contribution in [0, 0.1) is 0 Å². The van der Waals surface area contributed by atoms with Gasteiger partial charge in [-0.2, -0.15) is 0 Å². The van der Waals surface area contributed by atoms with Crippen LogP contribution in [-0.4, -0.2) is 5.97 Å². The zero-order valence-electron chi connectivity index (χ0n) is 9.09. The van der Waals surface area contributed by atoms with Crippen molar-refractivity contribution in [1.82, 2.24) is 0 Å². The predicted molar refractivity (Wildman–Crippen MR) is 65.8 cm³/mol. The fourth-order valence-corrected chi connectivity index (χ4v) is 1.90. The van der Waals surface area contributed by atoms with Crippen LogP contribution in [0.1, 0.15) is 5.56 Å². The van der Waals surface area contributed by atoms with Gasteiger partial charge in [0.05, 0.1) is 0 Å². The van der Waals surface area contributed by atoms with E-state index in [1.54, 1.807) is 6.07 Å². The van der Waals surface area contributed by atoms with Gasteiger partial charge in [-0.25, -0.2) is 4.79 Å². The maximum Gasteiger partial charge on any atom is 0.336 e. The molecule has 0 saturated heterocycles. The second kappa shape index (κ2) is 3.91. The van der Waals surface area contributed by atoms with Crippen molar-refractivity contribution in [3.8, 4) is 5.75 Å². The minimum absolute atomic E-state index is 0.335. The van der Waals surface area contributed by atoms with Gasteiger partial charge in [-0.15, -0.1) is 0 Å². The van der Waals surface area contributed by atoms with Gasteiger partial charge in [0, 0.05) is 11.6 Å². The van der Waals surface area contributed by atoms with E-state index in [1.165, 1.54) is 6.08 Å². The Hall–Kier alpha value is -2.35. The van der Waals surface area contributed by atoms with Crippen LogP contribution in [0.3, 0.4) is 0 Å². The van der Waals surface area contributed by atoms with Gasteiger partial charge >= 0.3 is 5.97 Å². The summed E-state index contributed by atoms with van der Waals surface area (Å²) in [6.45, 7) is 0. The van der Waals surface area contributed by atoms with E-state index >= 15 is 0 Å². The number of rotatable bonds is 0. The molecule has 0 saturated carbocycles. The van der Waals surface area contributed by atoms with Gasteiger partial charge in [-0.05, 0) is 22.6 Å². The van der Waals surface area contributed by atoms with Gasteiger partial charge in [-0.1, -0.05) is 42.5 Å². The highest BCUT2D eigenvalue weighted by Gasteiger charge is 2.07. The zero-order valence-corrected chi connectivity index (χ0v) is 9.09. The number of ether oxygens (including phenoxy) is 1. The summed E-state index contributed by atoms with van der Waals surface area (Å²) >= 11 is 0. The van der Waals surface area contributed by atoms with Crippen LogP contribution in [0.5, 0.6) is 5.75 Å². The van der Waals surface area contributed by atoms with Crippen LogP contribution in [-0.2, 0) is 4.79 Å². The molecular weight excluding hydrogens is 212 g/mol. The molecule has 0 aliphatic carbocycles. The summed E-state index contributed by atoms with van der Waals surface area (Å²) in [6, 6.07) is 15.3. The summed E-state index contributed by atoms with van der Waals surface area (Å²) in [6.07, 6.45) is 3.54. The number of fused-ring (bicyclic) bond motifs is 2. The molecule has 2 heteroatoms. The van der Waals surface area contributed by atoms with E-state index in [1.807, 2.05) is 48.5 Å². The van der Waals surface area contributed by atoms with Crippen LogP contribution in [0.15, 0.2) is 48.5 Å². The lowest BCUT2D eigenvalue weighted by molar-refractivity contribution is -0.127. The zero-order chi connectivity index (χ0) is 11.7. The number of carbonyl (C=O) groups excluding carboxylic acids is 1. The average molecular weight is 222 g/mol. The van der Waals surface area contributed by atoms with Gasteiger partial charge in [0.15, 0.2) is 0 Å². The Kier molecular flexibility index (Phi) is 2.26. The van der Waals surface area contributed by atoms with Crippen molar-refractivity contribution in [2.45, 2.75) is 0 Å². The molecule has 0 amide bonds. The number of carbonyl (C=O) groups is 1. The van der Waals surface area contributed by atoms with Gasteiger partial charge < -0.3 is 4.74 Å². The van der Waals surface area contributed by atoms with Crippen molar-refractivity contribution in [1.29, 1.82) is 0 Å². The van der Waals surface area contributed by atoms with Gasteiger partial charge in [0.25, 0.3) is 0 Å². The molecule has 0 atom stereocenters. The van der Waals surface area contributed by atoms with Crippen molar-refractivity contribution < 1.29 is 9.53 Å². The van der Waals surface area contributed by atoms with E-state index in [0.29, 0.717) is 5.75 Å². The molecule has 0 unspecified atom stereocenters. The molecule has 2 aromatic carbocycles. The Balaban J connectivity index is 2.39. The summed E-state index contributed by atoms with van der Waals surface area (Å²) in [5, 5.41) is 1.91. The van der Waals surface area contributed by atoms with Crippen molar-refractivity contribution >= 4 is 18.1 Å². The van der Waals surface area contributed by atoms with Crippen molar-refractivity contribution in [3.05, 3.63) is 64.5 Å². The first-order valence-corrected chi connectivity index (χ1v) is 5.42. The van der Waals surface area contributed by atoms with E-state index < -0.39 is 0 Å². The molecule has 1 aliphatic heterocycles. The monoisotopic (exact) mass is 222 g/mol. The average Bonchev–Trinajstić information content (AvgIpc) is 2.31. The van der Waals surface area contributed by atoms with Crippen LogP contribution in [0.4, 0.5) is 0 Å². The van der Waals surface area contributed by atoms with Crippen LogP contribution in [0.2, 0.25) is 0 Å². The molecule has 0 spiro atoms. The maximum atomic E-state index is 11.7. The van der Waals surface area contributed by atoms with E-state index in [4.69, 9.17) is 4.74 Å². The summed E-state index contributed by atoms with van der Waals surface area (Å²) in [5.74, 6) is 0.265. The molecule has 1 aliphatic rings. The maximum absolute atomic E-state index is 11.7. The third-order valence-corrected chi connectivity index (χ3v) is 2.71. The number of hydrogen-bond acceptors (Lipinski definition) is 2. The largest absolute Gasteiger partial charge is 0.423 e. The number of hydrogen-bond donors (Lipinski definition) is 0. The highest BCUT2D eigenvalue weighted by atomic mass is 16.5. The highest BCUT2D eigenvalue weighted by molar-refractivity contribution is 6.01. The third-order valence-electron chi connectivity index (χ3n) is 2.71. The Morgan fingerprint density at radius 2 is 1.41 bits per heavy atom. The lowest BCUT2D eigenvalue weighted by Crippen LogP contribution is -2.27. The minimum Gasteiger partial charge on any atom is -0.423 e. The Labute approximate surface area is 98.5 Å². The normalized spacial score (nSPS) is 17.1. The second-order valence-electron chi connectivity index (χ2n) is 3.88. The SMILES string of the molecule is O=C1/C=c2/cccc/c2=C/c2ccccc2O1. The van der Waals surface area contributed by atoms with Crippen molar-refractivity contribution in [3.63, 3.8) is 0 Å². The molecule has 17 heavy (non-hydrogen) atoms. The first-order valence-electron chi connectivity index (χ1n) is 5.42. The first kappa shape index (κ1) is 9.85. The molecule has 3 rings (SSSR count). The Morgan fingerprint density at radius 1 is 0.765 bits per heavy atom. The van der Waals surface area contributed by atoms with Gasteiger partial charge in [0.2, 0.25) is 0 Å².